The molecule has 0 saturated heterocycles. The van der Waals surface area contributed by atoms with Crippen molar-refractivity contribution in [2.75, 3.05) is 22.5 Å². The van der Waals surface area contributed by atoms with E-state index in [1.54, 1.807) is 11.0 Å². The molecule has 0 saturated carbocycles. The molecule has 0 atom stereocenters. The number of aryl methyl sites for hydroxylation is 2. The Morgan fingerprint density at radius 3 is 2.81 bits per heavy atom. The van der Waals surface area contributed by atoms with Crippen molar-refractivity contribution in [3.05, 3.63) is 59.7 Å². The predicted octanol–water partition coefficient (Wildman–Crippen LogP) is 3.93. The number of hydrogen-bond donors (Lipinski definition) is 1. The molecule has 0 unspecified atom stereocenters. The van der Waals surface area contributed by atoms with E-state index in [4.69, 9.17) is 4.98 Å². The number of nitrogens with zero attached hydrogens (tertiary/aromatic N) is 2. The molecule has 6 heteroatoms. The molecule has 2 aromatic carbocycles. The van der Waals surface area contributed by atoms with Gasteiger partial charge in [-0.15, -0.1) is 0 Å². The third kappa shape index (κ3) is 3.40. The number of hydrogen-bond acceptors (Lipinski definition) is 4. The number of para-hydroxylation sites is 3. The molecule has 136 valence electrons. The summed E-state index contributed by atoms with van der Waals surface area (Å²) in [7, 11) is 0. The van der Waals surface area contributed by atoms with Crippen LogP contribution in [0.15, 0.2) is 53.6 Å². The molecule has 0 aliphatic carbocycles. The molecule has 27 heavy (non-hydrogen) atoms. The number of fused-ring (bicyclic) bond motifs is 2. The Kier molecular flexibility index (Phi) is 4.58. The highest BCUT2D eigenvalue weighted by Crippen LogP contribution is 2.30. The first-order chi connectivity index (χ1) is 13.0. The van der Waals surface area contributed by atoms with Crippen LogP contribution in [0.2, 0.25) is 0 Å². The van der Waals surface area contributed by atoms with E-state index in [1.165, 1.54) is 11.8 Å². The molecule has 3 aromatic rings. The van der Waals surface area contributed by atoms with Crippen molar-refractivity contribution in [1.82, 2.24) is 4.98 Å². The number of anilines is 2. The molecular weight excluding hydrogens is 358 g/mol. The Labute approximate surface area is 161 Å². The van der Waals surface area contributed by atoms with E-state index < -0.39 is 0 Å². The largest absolute Gasteiger partial charge is 0.323 e. The highest BCUT2D eigenvalue weighted by Gasteiger charge is 2.26. The van der Waals surface area contributed by atoms with Crippen LogP contribution in [0.5, 0.6) is 0 Å². The lowest BCUT2D eigenvalue weighted by Crippen LogP contribution is -2.43. The molecule has 2 amide bonds. The summed E-state index contributed by atoms with van der Waals surface area (Å²) in [6.45, 7) is 4.14. The molecule has 1 aromatic heterocycles. The molecular formula is C21H19N3O2S. The summed E-state index contributed by atoms with van der Waals surface area (Å²) in [6.07, 6.45) is 0. The number of carbonyl (C=O) groups excluding carboxylic acids is 2. The van der Waals surface area contributed by atoms with E-state index in [1.807, 2.05) is 43.3 Å². The smallest absolute Gasteiger partial charge is 0.244 e. The van der Waals surface area contributed by atoms with Crippen molar-refractivity contribution >= 4 is 45.9 Å². The average Bonchev–Trinajstić information content (AvgIpc) is 2.66. The minimum Gasteiger partial charge on any atom is -0.323 e. The molecule has 0 bridgehead atoms. The van der Waals surface area contributed by atoms with E-state index in [0.29, 0.717) is 5.69 Å². The highest BCUT2D eigenvalue weighted by atomic mass is 32.2. The van der Waals surface area contributed by atoms with Crippen molar-refractivity contribution < 1.29 is 9.59 Å². The zero-order chi connectivity index (χ0) is 19.0. The Morgan fingerprint density at radius 1 is 1.15 bits per heavy atom. The molecule has 2 heterocycles. The van der Waals surface area contributed by atoms with Gasteiger partial charge in [-0.05, 0) is 43.2 Å². The maximum atomic E-state index is 12.8. The van der Waals surface area contributed by atoms with Gasteiger partial charge in [0.15, 0.2) is 0 Å². The van der Waals surface area contributed by atoms with Gasteiger partial charge < -0.3 is 10.2 Å². The molecule has 1 aliphatic rings. The van der Waals surface area contributed by atoms with Crippen molar-refractivity contribution in [1.29, 1.82) is 0 Å². The van der Waals surface area contributed by atoms with Crippen LogP contribution in [0, 0.1) is 13.8 Å². The molecule has 0 fully saturated rings. The number of pyridine rings is 1. The summed E-state index contributed by atoms with van der Waals surface area (Å²) in [5.41, 5.74) is 4.63. The van der Waals surface area contributed by atoms with Gasteiger partial charge in [0.05, 0.1) is 27.7 Å². The van der Waals surface area contributed by atoms with Crippen molar-refractivity contribution in [3.63, 3.8) is 0 Å². The van der Waals surface area contributed by atoms with E-state index in [0.717, 1.165) is 32.7 Å². The summed E-state index contributed by atoms with van der Waals surface area (Å²) in [5, 5.41) is 4.75. The van der Waals surface area contributed by atoms with Crippen LogP contribution in [0.4, 0.5) is 11.4 Å². The van der Waals surface area contributed by atoms with E-state index in [-0.39, 0.29) is 24.1 Å². The quantitative estimate of drug-likeness (QED) is 0.703. The number of thioether (sulfide) groups is 1. The number of benzene rings is 2. The lowest BCUT2D eigenvalue weighted by molar-refractivity contribution is -0.120. The summed E-state index contributed by atoms with van der Waals surface area (Å²) in [6, 6.07) is 15.5. The van der Waals surface area contributed by atoms with Crippen molar-refractivity contribution in [2.24, 2.45) is 0 Å². The third-order valence-corrected chi connectivity index (χ3v) is 5.54. The maximum Gasteiger partial charge on any atom is 0.244 e. The average molecular weight is 377 g/mol. The third-order valence-electron chi connectivity index (χ3n) is 4.64. The normalized spacial score (nSPS) is 13.4. The molecule has 0 spiro atoms. The Hall–Kier alpha value is -2.86. The fraction of sp³-hybridized carbons (Fsp3) is 0.190. The first-order valence-corrected chi connectivity index (χ1v) is 9.70. The molecule has 1 N–H and O–H groups in total. The molecule has 0 radical (unpaired) electrons. The Bertz CT molecular complexity index is 1060. The summed E-state index contributed by atoms with van der Waals surface area (Å²) < 4.78 is 0. The van der Waals surface area contributed by atoms with Crippen molar-refractivity contribution in [2.45, 2.75) is 18.9 Å². The topological polar surface area (TPSA) is 62.3 Å². The van der Waals surface area contributed by atoms with Gasteiger partial charge in [0.25, 0.3) is 0 Å². The number of carbonyl (C=O) groups is 2. The van der Waals surface area contributed by atoms with Crippen LogP contribution >= 0.6 is 11.8 Å². The molecule has 4 rings (SSSR count). The number of rotatable bonds is 3. The highest BCUT2D eigenvalue weighted by molar-refractivity contribution is 7.99. The zero-order valence-corrected chi connectivity index (χ0v) is 16.0. The van der Waals surface area contributed by atoms with Crippen LogP contribution in [-0.4, -0.2) is 29.1 Å². The standard InChI is InChI=1S/C21H19N3O2S/c1-13-6-5-7-15-14(2)10-19(23-21(13)15)27-12-20(26)24-11-18(25)22-16-8-3-4-9-17(16)24/h3-10H,11-12H2,1-2H3,(H,22,25). The van der Waals surface area contributed by atoms with E-state index in [2.05, 4.69) is 18.3 Å². The SMILES string of the molecule is Cc1cc(SCC(=O)N2CC(=O)Nc3ccccc32)nc2c(C)cccc12. The first kappa shape index (κ1) is 17.5. The van der Waals surface area contributed by atoms with E-state index >= 15 is 0 Å². The molecule has 5 nitrogen and oxygen atoms in total. The van der Waals surface area contributed by atoms with Gasteiger partial charge in [-0.2, -0.15) is 0 Å². The summed E-state index contributed by atoms with van der Waals surface area (Å²) >= 11 is 1.40. The Balaban J connectivity index is 1.56. The minimum atomic E-state index is -0.178. The van der Waals surface area contributed by atoms with Crippen molar-refractivity contribution in [3.8, 4) is 0 Å². The Morgan fingerprint density at radius 2 is 1.96 bits per heavy atom. The fourth-order valence-electron chi connectivity index (χ4n) is 3.27. The minimum absolute atomic E-state index is 0.0414. The second-order valence-corrected chi connectivity index (χ2v) is 7.58. The molecule has 1 aliphatic heterocycles. The number of nitrogens with one attached hydrogen (secondary N) is 1. The van der Waals surface area contributed by atoms with Crippen LogP contribution in [-0.2, 0) is 9.59 Å². The van der Waals surface area contributed by atoms with Gasteiger partial charge in [-0.25, -0.2) is 4.98 Å². The van der Waals surface area contributed by atoms with Gasteiger partial charge in [0.2, 0.25) is 11.8 Å². The van der Waals surface area contributed by atoms with E-state index in [9.17, 15) is 9.59 Å². The second kappa shape index (κ2) is 7.04. The van der Waals surface area contributed by atoms with Crippen LogP contribution < -0.4 is 10.2 Å². The summed E-state index contributed by atoms with van der Waals surface area (Å²) in [5.74, 6) is -0.0557. The first-order valence-electron chi connectivity index (χ1n) is 8.72. The van der Waals surface area contributed by atoms with Crippen LogP contribution in [0.1, 0.15) is 11.1 Å². The van der Waals surface area contributed by atoms with Gasteiger partial charge in [0, 0.05) is 5.39 Å². The lowest BCUT2D eigenvalue weighted by atomic mass is 10.1. The van der Waals surface area contributed by atoms with Gasteiger partial charge in [-0.1, -0.05) is 42.1 Å². The number of aromatic nitrogens is 1. The lowest BCUT2D eigenvalue weighted by Gasteiger charge is -2.29. The second-order valence-electron chi connectivity index (χ2n) is 6.58. The monoisotopic (exact) mass is 377 g/mol. The maximum absolute atomic E-state index is 12.8. The fourth-order valence-corrected chi connectivity index (χ4v) is 4.12. The van der Waals surface area contributed by atoms with Crippen LogP contribution in [0.3, 0.4) is 0 Å². The van der Waals surface area contributed by atoms with Crippen LogP contribution in [0.25, 0.3) is 10.9 Å². The van der Waals surface area contributed by atoms with Gasteiger partial charge in [-0.3, -0.25) is 9.59 Å². The van der Waals surface area contributed by atoms with Gasteiger partial charge >= 0.3 is 0 Å². The predicted molar refractivity (Wildman–Crippen MR) is 109 cm³/mol. The van der Waals surface area contributed by atoms with Gasteiger partial charge in [0.1, 0.15) is 6.54 Å². The summed E-state index contributed by atoms with van der Waals surface area (Å²) in [4.78, 5) is 31.0. The number of amides is 2. The zero-order valence-electron chi connectivity index (χ0n) is 15.2.